The standard InChI is InChI=1S/C30H37N3O3S/c1-37(35,36)29-16-7-4-12-24(29)19-25(31)20-26(34)13-8-10-22-9-2-3-11-23(18-17-22)30-27-14-5-6-15-28(27)32-21-33-30/h4-5,7,12,14,16,18,21-22,31H,2-3,6,8-11,13,15,17,19-20H2,1H3. The number of carbonyl (C=O) groups is 1. The molecule has 1 heterocycles. The molecule has 0 amide bonds. The molecule has 0 spiro atoms. The molecule has 0 aliphatic heterocycles. The Morgan fingerprint density at radius 3 is 2.81 bits per heavy atom. The van der Waals surface area contributed by atoms with E-state index in [4.69, 9.17) is 5.41 Å². The SMILES string of the molecule is CS(=O)(=O)c1ccccc1CC(=N)CC(=O)CCCC1CC=C(c2ncnc3c2C=CCC3)CCCC1. The molecule has 2 aliphatic rings. The highest BCUT2D eigenvalue weighted by Gasteiger charge is 2.19. The van der Waals surface area contributed by atoms with E-state index in [1.165, 1.54) is 30.2 Å². The fourth-order valence-corrected chi connectivity index (χ4v) is 6.40. The van der Waals surface area contributed by atoms with E-state index in [9.17, 15) is 13.2 Å². The van der Waals surface area contributed by atoms with Crippen LogP contribution in [-0.2, 0) is 27.5 Å². The smallest absolute Gasteiger partial charge is 0.175 e. The van der Waals surface area contributed by atoms with E-state index < -0.39 is 9.84 Å². The maximum absolute atomic E-state index is 12.6. The van der Waals surface area contributed by atoms with E-state index in [-0.39, 0.29) is 29.2 Å². The van der Waals surface area contributed by atoms with Gasteiger partial charge < -0.3 is 5.41 Å². The molecule has 1 atom stereocenters. The molecule has 196 valence electrons. The number of allylic oxidation sites excluding steroid dienone is 3. The number of benzene rings is 1. The molecule has 2 aromatic rings. The zero-order valence-corrected chi connectivity index (χ0v) is 22.5. The molecular formula is C30H37N3O3S. The number of ketones is 1. The summed E-state index contributed by atoms with van der Waals surface area (Å²) in [5, 5.41) is 8.27. The Labute approximate surface area is 220 Å². The summed E-state index contributed by atoms with van der Waals surface area (Å²) in [5.41, 5.74) is 5.60. The third-order valence-corrected chi connectivity index (χ3v) is 8.56. The van der Waals surface area contributed by atoms with Crippen molar-refractivity contribution >= 4 is 33.0 Å². The average molecular weight is 520 g/mol. The fourth-order valence-electron chi connectivity index (χ4n) is 5.46. The summed E-state index contributed by atoms with van der Waals surface area (Å²) < 4.78 is 24.0. The number of hydrogen-bond acceptors (Lipinski definition) is 6. The monoisotopic (exact) mass is 519 g/mol. The van der Waals surface area contributed by atoms with Crippen LogP contribution in [0.5, 0.6) is 0 Å². The number of Topliss-reactive ketones (excluding diaryl/α,β-unsaturated/α-hetero) is 1. The molecule has 0 saturated carbocycles. The number of hydrogen-bond donors (Lipinski definition) is 1. The molecule has 1 unspecified atom stereocenters. The minimum absolute atomic E-state index is 0.0586. The molecule has 7 heteroatoms. The van der Waals surface area contributed by atoms with Gasteiger partial charge in [-0.05, 0) is 68.1 Å². The summed E-state index contributed by atoms with van der Waals surface area (Å²) in [6.45, 7) is 0. The molecule has 0 bridgehead atoms. The van der Waals surface area contributed by atoms with Crippen LogP contribution in [0.3, 0.4) is 0 Å². The normalized spacial score (nSPS) is 17.9. The molecule has 0 saturated heterocycles. The summed E-state index contributed by atoms with van der Waals surface area (Å²) in [5.74, 6) is 0.612. The fraction of sp³-hybridized carbons (Fsp3) is 0.467. The predicted molar refractivity (Wildman–Crippen MR) is 148 cm³/mol. The lowest BCUT2D eigenvalue weighted by molar-refractivity contribution is -0.118. The number of sulfone groups is 1. The molecule has 6 nitrogen and oxygen atoms in total. The second kappa shape index (κ2) is 12.5. The van der Waals surface area contributed by atoms with Crippen molar-refractivity contribution in [2.45, 2.75) is 81.9 Å². The van der Waals surface area contributed by atoms with Crippen LogP contribution >= 0.6 is 0 Å². The lowest BCUT2D eigenvalue weighted by atomic mass is 9.86. The summed E-state index contributed by atoms with van der Waals surface area (Å²) in [6, 6.07) is 6.73. The first kappa shape index (κ1) is 27.1. The summed E-state index contributed by atoms with van der Waals surface area (Å²) in [7, 11) is -3.36. The average Bonchev–Trinajstić information content (AvgIpc) is 2.85. The lowest BCUT2D eigenvalue weighted by Gasteiger charge is -2.21. The Morgan fingerprint density at radius 1 is 1.14 bits per heavy atom. The van der Waals surface area contributed by atoms with Gasteiger partial charge in [-0.3, -0.25) is 4.79 Å². The first-order chi connectivity index (χ1) is 17.8. The van der Waals surface area contributed by atoms with Crippen LogP contribution < -0.4 is 0 Å². The highest BCUT2D eigenvalue weighted by molar-refractivity contribution is 7.90. The van der Waals surface area contributed by atoms with Gasteiger partial charge in [0, 0.05) is 36.8 Å². The van der Waals surface area contributed by atoms with E-state index >= 15 is 0 Å². The van der Waals surface area contributed by atoms with Crippen molar-refractivity contribution in [1.82, 2.24) is 9.97 Å². The largest absolute Gasteiger partial charge is 0.309 e. The van der Waals surface area contributed by atoms with Gasteiger partial charge in [-0.15, -0.1) is 0 Å². The maximum atomic E-state index is 12.6. The Morgan fingerprint density at radius 2 is 1.97 bits per heavy atom. The van der Waals surface area contributed by atoms with Gasteiger partial charge >= 0.3 is 0 Å². The number of fused-ring (bicyclic) bond motifs is 1. The summed E-state index contributed by atoms with van der Waals surface area (Å²) in [4.78, 5) is 21.9. The van der Waals surface area contributed by atoms with Crippen LogP contribution in [0.15, 0.2) is 47.6 Å². The van der Waals surface area contributed by atoms with E-state index in [1.807, 2.05) is 0 Å². The van der Waals surface area contributed by atoms with Crippen molar-refractivity contribution in [2.75, 3.05) is 6.26 Å². The van der Waals surface area contributed by atoms with E-state index in [2.05, 4.69) is 28.2 Å². The summed E-state index contributed by atoms with van der Waals surface area (Å²) in [6.07, 6.45) is 19.8. The van der Waals surface area contributed by atoms with Crippen molar-refractivity contribution in [3.63, 3.8) is 0 Å². The molecule has 2 aliphatic carbocycles. The zero-order chi connectivity index (χ0) is 26.3. The van der Waals surface area contributed by atoms with Gasteiger partial charge in [0.25, 0.3) is 0 Å². The first-order valence-electron chi connectivity index (χ1n) is 13.4. The zero-order valence-electron chi connectivity index (χ0n) is 21.7. The Bertz CT molecular complexity index is 1310. The molecule has 1 N–H and O–H groups in total. The van der Waals surface area contributed by atoms with Crippen LogP contribution in [-0.4, -0.2) is 36.1 Å². The van der Waals surface area contributed by atoms with Crippen molar-refractivity contribution in [2.24, 2.45) is 5.92 Å². The Hall–Kier alpha value is -2.93. The quantitative estimate of drug-likeness (QED) is 0.377. The first-order valence-corrected chi connectivity index (χ1v) is 15.3. The molecule has 1 aromatic carbocycles. The van der Waals surface area contributed by atoms with Crippen LogP contribution in [0.1, 0.15) is 86.7 Å². The topological polar surface area (TPSA) is 101 Å². The van der Waals surface area contributed by atoms with Gasteiger partial charge in [0.05, 0.1) is 16.3 Å². The van der Waals surface area contributed by atoms with Crippen molar-refractivity contribution in [3.05, 3.63) is 65.3 Å². The lowest BCUT2D eigenvalue weighted by Crippen LogP contribution is -2.12. The minimum atomic E-state index is -3.36. The highest BCUT2D eigenvalue weighted by Crippen LogP contribution is 2.32. The number of aryl methyl sites for hydroxylation is 1. The second-order valence-corrected chi connectivity index (χ2v) is 12.4. The third kappa shape index (κ3) is 7.54. The maximum Gasteiger partial charge on any atom is 0.175 e. The Kier molecular flexibility index (Phi) is 9.19. The van der Waals surface area contributed by atoms with E-state index in [0.29, 0.717) is 17.9 Å². The van der Waals surface area contributed by atoms with Crippen molar-refractivity contribution in [3.8, 4) is 0 Å². The Balaban J connectivity index is 1.28. The molecule has 0 fully saturated rings. The van der Waals surface area contributed by atoms with Crippen LogP contribution in [0, 0.1) is 11.3 Å². The molecular weight excluding hydrogens is 482 g/mol. The van der Waals surface area contributed by atoms with Gasteiger partial charge in [0.1, 0.15) is 12.1 Å². The number of nitrogens with zero attached hydrogens (tertiary/aromatic N) is 2. The minimum Gasteiger partial charge on any atom is -0.309 e. The number of nitrogens with one attached hydrogen (secondary N) is 1. The van der Waals surface area contributed by atoms with Crippen LogP contribution in [0.4, 0.5) is 0 Å². The summed E-state index contributed by atoms with van der Waals surface area (Å²) >= 11 is 0. The van der Waals surface area contributed by atoms with Gasteiger partial charge in [-0.2, -0.15) is 0 Å². The third-order valence-electron chi connectivity index (χ3n) is 7.36. The van der Waals surface area contributed by atoms with Gasteiger partial charge in [-0.25, -0.2) is 18.4 Å². The predicted octanol–water partition coefficient (Wildman–Crippen LogP) is 6.20. The highest BCUT2D eigenvalue weighted by atomic mass is 32.2. The van der Waals surface area contributed by atoms with Gasteiger partial charge in [0.2, 0.25) is 0 Å². The van der Waals surface area contributed by atoms with E-state index in [1.54, 1.807) is 30.6 Å². The molecule has 37 heavy (non-hydrogen) atoms. The van der Waals surface area contributed by atoms with E-state index in [0.717, 1.165) is 56.3 Å². The van der Waals surface area contributed by atoms with Crippen molar-refractivity contribution in [1.29, 1.82) is 5.41 Å². The van der Waals surface area contributed by atoms with Crippen LogP contribution in [0.2, 0.25) is 0 Å². The van der Waals surface area contributed by atoms with Gasteiger partial charge in [0.15, 0.2) is 9.84 Å². The number of carbonyl (C=O) groups excluding carboxylic acids is 1. The second-order valence-electron chi connectivity index (χ2n) is 10.4. The molecule has 4 rings (SSSR count). The van der Waals surface area contributed by atoms with Gasteiger partial charge in [-0.1, -0.05) is 49.3 Å². The van der Waals surface area contributed by atoms with Crippen molar-refractivity contribution < 1.29 is 13.2 Å². The molecule has 1 aromatic heterocycles. The molecule has 0 radical (unpaired) electrons. The number of aromatic nitrogens is 2. The van der Waals surface area contributed by atoms with Crippen LogP contribution in [0.25, 0.3) is 11.6 Å². The number of rotatable bonds is 10.